The predicted octanol–water partition coefficient (Wildman–Crippen LogP) is 4.73. The van der Waals surface area contributed by atoms with Gasteiger partial charge in [0, 0.05) is 10.6 Å². The van der Waals surface area contributed by atoms with Crippen molar-refractivity contribution in [1.82, 2.24) is 4.98 Å². The molecule has 0 spiro atoms. The number of aromatic nitrogens is 1. The summed E-state index contributed by atoms with van der Waals surface area (Å²) in [6, 6.07) is 8.76. The number of nitrogens with zero attached hydrogens (tertiary/aromatic N) is 1. The molecule has 3 aromatic rings. The van der Waals surface area contributed by atoms with Gasteiger partial charge < -0.3 is 10.2 Å². The minimum absolute atomic E-state index is 0.164. The number of nitrogens with two attached hydrogens (primary N) is 1. The molecule has 0 unspecified atom stereocenters. The molecular weight excluding hydrogens is 307 g/mol. The monoisotopic (exact) mass is 320 g/mol. The molecule has 0 radical (unpaired) electrons. The van der Waals surface area contributed by atoms with Crippen molar-refractivity contribution >= 4 is 28.8 Å². The summed E-state index contributed by atoms with van der Waals surface area (Å²) < 4.78 is 19.1. The van der Waals surface area contributed by atoms with Crippen LogP contribution in [-0.2, 0) is 5.75 Å². The van der Waals surface area contributed by atoms with Crippen LogP contribution in [0.25, 0.3) is 10.8 Å². The molecule has 0 saturated carbocycles. The van der Waals surface area contributed by atoms with Crippen molar-refractivity contribution < 1.29 is 8.81 Å². The van der Waals surface area contributed by atoms with E-state index in [1.165, 1.54) is 17.8 Å². The highest BCUT2D eigenvalue weighted by Crippen LogP contribution is 2.30. The lowest BCUT2D eigenvalue weighted by molar-refractivity contribution is 0.542. The second-order valence-corrected chi connectivity index (χ2v) is 6.47. The average Bonchev–Trinajstić information content (AvgIpc) is 3.10. The fourth-order valence-corrected chi connectivity index (χ4v) is 3.39. The maximum absolute atomic E-state index is 13.4. The highest BCUT2D eigenvalue weighted by Gasteiger charge is 2.12. The van der Waals surface area contributed by atoms with E-state index in [9.17, 15) is 4.39 Å². The smallest absolute Gasteiger partial charge is 0.236 e. The van der Waals surface area contributed by atoms with Crippen LogP contribution < -0.4 is 5.73 Å². The number of anilines is 1. The van der Waals surface area contributed by atoms with E-state index in [0.717, 1.165) is 21.2 Å². The Morgan fingerprint density at radius 3 is 2.95 bits per heavy atom. The van der Waals surface area contributed by atoms with Crippen LogP contribution >= 0.6 is 23.1 Å². The summed E-state index contributed by atoms with van der Waals surface area (Å²) in [5.74, 6) is 1.67. The van der Waals surface area contributed by atoms with Crippen molar-refractivity contribution in [3.05, 3.63) is 53.0 Å². The number of rotatable bonds is 4. The van der Waals surface area contributed by atoms with Crippen molar-refractivity contribution in [3.8, 4) is 10.8 Å². The number of aryl methyl sites for hydroxylation is 1. The van der Waals surface area contributed by atoms with Gasteiger partial charge in [0.2, 0.25) is 5.89 Å². The highest BCUT2D eigenvalue weighted by atomic mass is 32.2. The maximum atomic E-state index is 13.4. The first-order valence-electron chi connectivity index (χ1n) is 6.31. The van der Waals surface area contributed by atoms with E-state index in [1.807, 2.05) is 24.4 Å². The first kappa shape index (κ1) is 14.2. The lowest BCUT2D eigenvalue weighted by atomic mass is 10.3. The first-order valence-corrected chi connectivity index (χ1v) is 8.18. The van der Waals surface area contributed by atoms with Crippen LogP contribution in [-0.4, -0.2) is 4.98 Å². The van der Waals surface area contributed by atoms with Gasteiger partial charge in [-0.25, -0.2) is 9.37 Å². The van der Waals surface area contributed by atoms with Crippen LogP contribution in [0.1, 0.15) is 11.5 Å². The van der Waals surface area contributed by atoms with E-state index >= 15 is 0 Å². The second kappa shape index (κ2) is 5.91. The van der Waals surface area contributed by atoms with E-state index in [1.54, 1.807) is 23.5 Å². The molecule has 108 valence electrons. The molecule has 0 atom stereocenters. The summed E-state index contributed by atoms with van der Waals surface area (Å²) in [4.78, 5) is 6.34. The topological polar surface area (TPSA) is 52.0 Å². The Balaban J connectivity index is 1.74. The van der Waals surface area contributed by atoms with Gasteiger partial charge in [-0.1, -0.05) is 6.07 Å². The molecule has 2 aromatic heterocycles. The van der Waals surface area contributed by atoms with E-state index in [-0.39, 0.29) is 5.69 Å². The van der Waals surface area contributed by atoms with Gasteiger partial charge in [0.25, 0.3) is 0 Å². The molecule has 2 heterocycles. The molecule has 21 heavy (non-hydrogen) atoms. The second-order valence-electron chi connectivity index (χ2n) is 4.47. The third-order valence-electron chi connectivity index (χ3n) is 2.97. The molecule has 0 aliphatic rings. The Morgan fingerprint density at radius 2 is 2.24 bits per heavy atom. The zero-order valence-electron chi connectivity index (χ0n) is 11.3. The van der Waals surface area contributed by atoms with Crippen molar-refractivity contribution in [2.75, 3.05) is 5.73 Å². The predicted molar refractivity (Wildman–Crippen MR) is 84.9 cm³/mol. The molecular formula is C15H13FN2OS2. The molecule has 0 saturated heterocycles. The molecule has 0 amide bonds. The van der Waals surface area contributed by atoms with E-state index < -0.39 is 5.82 Å². The van der Waals surface area contributed by atoms with Gasteiger partial charge in [0.15, 0.2) is 0 Å². The van der Waals surface area contributed by atoms with Gasteiger partial charge in [0.1, 0.15) is 11.6 Å². The lowest BCUT2D eigenvalue weighted by Gasteiger charge is -2.02. The number of thioether (sulfide) groups is 1. The third-order valence-corrected chi connectivity index (χ3v) is 4.83. The van der Waals surface area contributed by atoms with Crippen LogP contribution in [0.2, 0.25) is 0 Å². The van der Waals surface area contributed by atoms with Gasteiger partial charge in [-0.15, -0.1) is 23.1 Å². The normalized spacial score (nSPS) is 11.0. The van der Waals surface area contributed by atoms with Crippen molar-refractivity contribution in [2.45, 2.75) is 17.6 Å². The largest absolute Gasteiger partial charge is 0.440 e. The van der Waals surface area contributed by atoms with Crippen LogP contribution in [0.3, 0.4) is 0 Å². The number of hydrogen-bond acceptors (Lipinski definition) is 5. The maximum Gasteiger partial charge on any atom is 0.236 e. The van der Waals surface area contributed by atoms with Crippen molar-refractivity contribution in [1.29, 1.82) is 0 Å². The van der Waals surface area contributed by atoms with Gasteiger partial charge >= 0.3 is 0 Å². The number of hydrogen-bond donors (Lipinski definition) is 1. The van der Waals surface area contributed by atoms with Gasteiger partial charge in [-0.3, -0.25) is 0 Å². The zero-order chi connectivity index (χ0) is 14.8. The minimum atomic E-state index is -0.392. The summed E-state index contributed by atoms with van der Waals surface area (Å²) in [5, 5.41) is 1.99. The van der Waals surface area contributed by atoms with E-state index in [0.29, 0.717) is 11.6 Å². The van der Waals surface area contributed by atoms with Crippen LogP contribution in [0, 0.1) is 12.7 Å². The van der Waals surface area contributed by atoms with Crippen molar-refractivity contribution in [3.63, 3.8) is 0 Å². The Kier molecular flexibility index (Phi) is 3.98. The van der Waals surface area contributed by atoms with Crippen LogP contribution in [0.15, 0.2) is 45.0 Å². The molecule has 0 aliphatic carbocycles. The summed E-state index contributed by atoms with van der Waals surface area (Å²) in [6.07, 6.45) is 0. The molecule has 2 N–H and O–H groups in total. The van der Waals surface area contributed by atoms with E-state index in [2.05, 4.69) is 4.98 Å². The van der Waals surface area contributed by atoms with Crippen LogP contribution in [0.4, 0.5) is 10.1 Å². The average molecular weight is 320 g/mol. The Hall–Kier alpha value is -1.79. The SMILES string of the molecule is Cc1oc(-c2cccs2)nc1CSc1ccc(N)c(F)c1. The van der Waals surface area contributed by atoms with Crippen molar-refractivity contribution in [2.24, 2.45) is 0 Å². The first-order chi connectivity index (χ1) is 10.1. The number of halogens is 1. The standard InChI is InChI=1S/C15H13FN2OS2/c1-9-13(18-15(19-9)14-3-2-6-20-14)8-21-10-4-5-12(17)11(16)7-10/h2-7H,8,17H2,1H3. The van der Waals surface area contributed by atoms with Gasteiger partial charge in [-0.05, 0) is 36.6 Å². The van der Waals surface area contributed by atoms with Gasteiger partial charge in [0.05, 0.1) is 16.3 Å². The molecule has 3 nitrogen and oxygen atoms in total. The van der Waals surface area contributed by atoms with Gasteiger partial charge in [-0.2, -0.15) is 0 Å². The zero-order valence-corrected chi connectivity index (χ0v) is 12.9. The quantitative estimate of drug-likeness (QED) is 0.558. The molecule has 0 aliphatic heterocycles. The summed E-state index contributed by atoms with van der Waals surface area (Å²) >= 11 is 3.10. The van der Waals surface area contributed by atoms with Crippen LogP contribution in [0.5, 0.6) is 0 Å². The number of nitrogen functional groups attached to an aromatic ring is 1. The Bertz CT molecular complexity index is 753. The molecule has 3 rings (SSSR count). The van der Waals surface area contributed by atoms with E-state index in [4.69, 9.17) is 10.2 Å². The molecule has 0 bridgehead atoms. The highest BCUT2D eigenvalue weighted by molar-refractivity contribution is 7.98. The summed E-state index contributed by atoms with van der Waals surface area (Å²) in [7, 11) is 0. The molecule has 0 fully saturated rings. The minimum Gasteiger partial charge on any atom is -0.440 e. The Morgan fingerprint density at radius 1 is 1.38 bits per heavy atom. The number of thiophene rings is 1. The third kappa shape index (κ3) is 3.11. The number of oxazole rings is 1. The number of benzene rings is 1. The molecule has 1 aromatic carbocycles. The lowest BCUT2D eigenvalue weighted by Crippen LogP contribution is -1.90. The summed E-state index contributed by atoms with van der Waals surface area (Å²) in [6.45, 7) is 1.89. The fourth-order valence-electron chi connectivity index (χ4n) is 1.82. The fraction of sp³-hybridized carbons (Fsp3) is 0.133. The summed E-state index contributed by atoms with van der Waals surface area (Å²) in [5.41, 5.74) is 6.51. The molecule has 6 heteroatoms. The Labute approximate surface area is 130 Å².